The Kier molecular flexibility index (Phi) is 3.69. The third kappa shape index (κ3) is 2.63. The van der Waals surface area contributed by atoms with Gasteiger partial charge >= 0.3 is 0 Å². The smallest absolute Gasteiger partial charge is 0.274 e. The van der Waals surface area contributed by atoms with Crippen molar-refractivity contribution in [1.82, 2.24) is 19.5 Å². The molecular formula is C17H14ClFN4O. The third-order valence-electron chi connectivity index (χ3n) is 4.23. The minimum atomic E-state index is -0.466. The van der Waals surface area contributed by atoms with E-state index in [1.807, 2.05) is 12.1 Å². The van der Waals surface area contributed by atoms with Gasteiger partial charge in [-0.15, -0.1) is 0 Å². The summed E-state index contributed by atoms with van der Waals surface area (Å²) in [5.74, 6) is -0.142. The second-order valence-electron chi connectivity index (χ2n) is 5.82. The van der Waals surface area contributed by atoms with Crippen molar-refractivity contribution in [2.45, 2.75) is 19.6 Å². The number of fused-ring (bicyclic) bond motifs is 2. The molecule has 0 radical (unpaired) electrons. The van der Waals surface area contributed by atoms with E-state index in [9.17, 15) is 9.18 Å². The molecule has 0 spiro atoms. The van der Waals surface area contributed by atoms with E-state index < -0.39 is 6.67 Å². The van der Waals surface area contributed by atoms with Gasteiger partial charge in [0.2, 0.25) is 0 Å². The van der Waals surface area contributed by atoms with E-state index in [1.165, 1.54) is 10.7 Å². The van der Waals surface area contributed by atoms with Gasteiger partial charge in [0, 0.05) is 25.4 Å². The van der Waals surface area contributed by atoms with Gasteiger partial charge in [-0.25, -0.2) is 13.9 Å². The SMILES string of the molecule is O=C(c1cc2ncc(Cl)cn2n1)N1CCc2cc(CF)ccc2C1. The summed E-state index contributed by atoms with van der Waals surface area (Å²) in [5.41, 5.74) is 3.76. The number of nitrogens with zero attached hydrogens (tertiary/aromatic N) is 4. The van der Waals surface area contributed by atoms with Crippen molar-refractivity contribution in [3.63, 3.8) is 0 Å². The molecule has 0 N–H and O–H groups in total. The van der Waals surface area contributed by atoms with Crippen LogP contribution in [0.4, 0.5) is 4.39 Å². The van der Waals surface area contributed by atoms with E-state index in [4.69, 9.17) is 11.6 Å². The van der Waals surface area contributed by atoms with Gasteiger partial charge in [0.05, 0.1) is 11.2 Å². The molecule has 0 unspecified atom stereocenters. The second kappa shape index (κ2) is 5.87. The molecule has 1 aliphatic heterocycles. The minimum absolute atomic E-state index is 0.142. The highest BCUT2D eigenvalue weighted by atomic mass is 35.5. The van der Waals surface area contributed by atoms with Crippen LogP contribution < -0.4 is 0 Å². The summed E-state index contributed by atoms with van der Waals surface area (Å²) in [5, 5.41) is 4.72. The highest BCUT2D eigenvalue weighted by molar-refractivity contribution is 6.30. The summed E-state index contributed by atoms with van der Waals surface area (Å²) in [6.45, 7) is 0.624. The average molecular weight is 345 g/mol. The Morgan fingerprint density at radius 1 is 1.29 bits per heavy atom. The van der Waals surface area contributed by atoms with Crippen molar-refractivity contribution in [3.8, 4) is 0 Å². The fourth-order valence-electron chi connectivity index (χ4n) is 2.98. The van der Waals surface area contributed by atoms with E-state index in [0.717, 1.165) is 11.1 Å². The van der Waals surface area contributed by atoms with Gasteiger partial charge < -0.3 is 4.90 Å². The van der Waals surface area contributed by atoms with Crippen LogP contribution in [0.2, 0.25) is 5.02 Å². The summed E-state index contributed by atoms with van der Waals surface area (Å²) in [4.78, 5) is 18.6. The first-order chi connectivity index (χ1) is 11.6. The van der Waals surface area contributed by atoms with Crippen LogP contribution in [0.25, 0.3) is 5.65 Å². The van der Waals surface area contributed by atoms with E-state index in [0.29, 0.717) is 41.4 Å². The van der Waals surface area contributed by atoms with Crippen LogP contribution in [0.1, 0.15) is 27.2 Å². The van der Waals surface area contributed by atoms with Crippen molar-refractivity contribution in [2.24, 2.45) is 0 Å². The molecule has 3 aromatic rings. The Morgan fingerprint density at radius 3 is 3.00 bits per heavy atom. The molecule has 3 heterocycles. The zero-order chi connectivity index (χ0) is 16.7. The second-order valence-corrected chi connectivity index (χ2v) is 6.25. The number of carbonyl (C=O) groups excluding carboxylic acids is 1. The molecule has 1 amide bonds. The Balaban J connectivity index is 1.60. The third-order valence-corrected chi connectivity index (χ3v) is 4.42. The van der Waals surface area contributed by atoms with Crippen molar-refractivity contribution in [2.75, 3.05) is 6.54 Å². The lowest BCUT2D eigenvalue weighted by Crippen LogP contribution is -2.36. The number of halogens is 2. The molecule has 0 aliphatic carbocycles. The molecule has 0 atom stereocenters. The number of benzene rings is 1. The zero-order valence-corrected chi connectivity index (χ0v) is 13.5. The summed E-state index contributed by atoms with van der Waals surface area (Å²) < 4.78 is 14.3. The molecule has 4 rings (SSSR count). The fourth-order valence-corrected chi connectivity index (χ4v) is 3.12. The Morgan fingerprint density at radius 2 is 2.17 bits per heavy atom. The molecule has 0 fully saturated rings. The molecule has 1 aliphatic rings. The molecule has 7 heteroatoms. The summed E-state index contributed by atoms with van der Waals surface area (Å²) in [6, 6.07) is 7.20. The number of rotatable bonds is 2. The van der Waals surface area contributed by atoms with Crippen molar-refractivity contribution < 1.29 is 9.18 Å². The standard InChI is InChI=1S/C17H14ClFN4O/c18-14-8-20-16-6-15(21-23(16)10-14)17(24)22-4-3-12-5-11(7-19)1-2-13(12)9-22/h1-2,5-6,8,10H,3-4,7,9H2. The van der Waals surface area contributed by atoms with Crippen LogP contribution in [-0.2, 0) is 19.6 Å². The number of hydrogen-bond acceptors (Lipinski definition) is 3. The number of aromatic nitrogens is 3. The van der Waals surface area contributed by atoms with E-state index >= 15 is 0 Å². The molecule has 1 aromatic carbocycles. The lowest BCUT2D eigenvalue weighted by Gasteiger charge is -2.28. The zero-order valence-electron chi connectivity index (χ0n) is 12.7. The van der Waals surface area contributed by atoms with E-state index in [1.54, 1.807) is 23.2 Å². The van der Waals surface area contributed by atoms with Gasteiger partial charge in [-0.05, 0) is 23.1 Å². The van der Waals surface area contributed by atoms with Gasteiger partial charge in [0.1, 0.15) is 6.67 Å². The van der Waals surface area contributed by atoms with Gasteiger partial charge in [0.15, 0.2) is 11.3 Å². The molecular weight excluding hydrogens is 331 g/mol. The first-order valence-electron chi connectivity index (χ1n) is 7.61. The lowest BCUT2D eigenvalue weighted by molar-refractivity contribution is 0.0728. The maximum Gasteiger partial charge on any atom is 0.274 e. The maximum absolute atomic E-state index is 12.8. The Hall–Kier alpha value is -2.47. The molecule has 0 bridgehead atoms. The molecule has 0 saturated carbocycles. The van der Waals surface area contributed by atoms with Crippen molar-refractivity contribution in [3.05, 3.63) is 64.1 Å². The molecule has 2 aromatic heterocycles. The van der Waals surface area contributed by atoms with Crippen LogP contribution in [0.5, 0.6) is 0 Å². The monoisotopic (exact) mass is 344 g/mol. The first kappa shape index (κ1) is 15.1. The maximum atomic E-state index is 12.8. The number of amides is 1. The summed E-state index contributed by atoms with van der Waals surface area (Å²) in [7, 11) is 0. The molecule has 5 nitrogen and oxygen atoms in total. The van der Waals surface area contributed by atoms with Gasteiger partial charge in [-0.1, -0.05) is 29.8 Å². The van der Waals surface area contributed by atoms with Gasteiger partial charge in [0.25, 0.3) is 5.91 Å². The van der Waals surface area contributed by atoms with Crippen LogP contribution in [0.3, 0.4) is 0 Å². The predicted molar refractivity (Wildman–Crippen MR) is 87.7 cm³/mol. The van der Waals surface area contributed by atoms with Crippen molar-refractivity contribution >= 4 is 23.2 Å². The number of alkyl halides is 1. The fraction of sp³-hybridized carbons (Fsp3) is 0.235. The van der Waals surface area contributed by atoms with Crippen LogP contribution in [0, 0.1) is 0 Å². The highest BCUT2D eigenvalue weighted by Crippen LogP contribution is 2.22. The van der Waals surface area contributed by atoms with Crippen LogP contribution in [0.15, 0.2) is 36.7 Å². The number of hydrogen-bond donors (Lipinski definition) is 0. The quantitative estimate of drug-likeness (QED) is 0.718. The molecule has 122 valence electrons. The molecule has 24 heavy (non-hydrogen) atoms. The lowest BCUT2D eigenvalue weighted by atomic mass is 9.97. The van der Waals surface area contributed by atoms with Crippen molar-refractivity contribution in [1.29, 1.82) is 0 Å². The topological polar surface area (TPSA) is 50.5 Å². The average Bonchev–Trinajstić information content (AvgIpc) is 3.03. The Labute approximate surface area is 142 Å². The van der Waals surface area contributed by atoms with E-state index in [2.05, 4.69) is 10.1 Å². The predicted octanol–water partition coefficient (Wildman–Crippen LogP) is 3.05. The Bertz CT molecular complexity index is 939. The summed E-state index contributed by atoms with van der Waals surface area (Å²) >= 11 is 5.89. The molecule has 0 saturated heterocycles. The number of carbonyl (C=O) groups is 1. The van der Waals surface area contributed by atoms with Crippen LogP contribution >= 0.6 is 11.6 Å². The van der Waals surface area contributed by atoms with Gasteiger partial charge in [-0.3, -0.25) is 4.79 Å². The van der Waals surface area contributed by atoms with Gasteiger partial charge in [-0.2, -0.15) is 5.10 Å². The van der Waals surface area contributed by atoms with Crippen LogP contribution in [-0.4, -0.2) is 31.9 Å². The minimum Gasteiger partial charge on any atom is -0.333 e. The first-order valence-corrected chi connectivity index (χ1v) is 7.99. The highest BCUT2D eigenvalue weighted by Gasteiger charge is 2.24. The van der Waals surface area contributed by atoms with E-state index in [-0.39, 0.29) is 5.91 Å². The normalized spacial score (nSPS) is 14.0. The summed E-state index contributed by atoms with van der Waals surface area (Å²) in [6.07, 6.45) is 3.85. The largest absolute Gasteiger partial charge is 0.333 e.